The van der Waals surface area contributed by atoms with Gasteiger partial charge >= 0.3 is 0 Å². The van der Waals surface area contributed by atoms with Crippen LogP contribution >= 0.6 is 0 Å². The number of nitrogens with zero attached hydrogens (tertiary/aromatic N) is 3. The average Bonchev–Trinajstić information content (AvgIpc) is 2.97. The first-order chi connectivity index (χ1) is 18.5. The number of aliphatic imine (C=N–C) groups is 1. The molecule has 3 aromatic carbocycles. The second-order valence-corrected chi connectivity index (χ2v) is 10.2. The molecule has 5 rings (SSSR count). The molecular formula is C33H35N3O2. The Kier molecular flexibility index (Phi) is 7.68. The molecule has 0 fully saturated rings. The Balaban J connectivity index is 1.79. The molecule has 0 radical (unpaired) electrons. The summed E-state index contributed by atoms with van der Waals surface area (Å²) < 4.78 is 5.86. The number of pyridine rings is 1. The number of rotatable bonds is 9. The summed E-state index contributed by atoms with van der Waals surface area (Å²) in [5, 5.41) is 15.2. The number of hydrogen-bond acceptors (Lipinski definition) is 5. The van der Waals surface area contributed by atoms with Crippen molar-refractivity contribution in [3.8, 4) is 5.88 Å². The predicted octanol–water partition coefficient (Wildman–Crippen LogP) is 6.07. The van der Waals surface area contributed by atoms with Gasteiger partial charge in [0, 0.05) is 37.0 Å². The van der Waals surface area contributed by atoms with Crippen molar-refractivity contribution in [2.45, 2.75) is 24.4 Å². The molecule has 2 unspecified atom stereocenters. The van der Waals surface area contributed by atoms with Crippen molar-refractivity contribution in [1.82, 2.24) is 9.88 Å². The van der Waals surface area contributed by atoms with E-state index in [4.69, 9.17) is 9.72 Å². The first-order valence-electron chi connectivity index (χ1n) is 13.1. The molecule has 0 spiro atoms. The Bertz CT molecular complexity index is 1460. The fourth-order valence-electron chi connectivity index (χ4n) is 5.54. The molecule has 0 amide bonds. The third-order valence-corrected chi connectivity index (χ3v) is 7.45. The van der Waals surface area contributed by atoms with Gasteiger partial charge in [-0.3, -0.25) is 4.99 Å². The molecule has 5 nitrogen and oxygen atoms in total. The van der Waals surface area contributed by atoms with E-state index in [2.05, 4.69) is 58.4 Å². The van der Waals surface area contributed by atoms with Crippen LogP contribution in [0.25, 0.3) is 16.3 Å². The number of aliphatic hydroxyl groups is 1. The van der Waals surface area contributed by atoms with Gasteiger partial charge in [-0.1, -0.05) is 72.8 Å². The van der Waals surface area contributed by atoms with Crippen LogP contribution < -0.4 is 4.74 Å². The summed E-state index contributed by atoms with van der Waals surface area (Å²) in [7, 11) is 5.73. The number of dihydropyridines is 1. The second-order valence-electron chi connectivity index (χ2n) is 10.2. The molecule has 194 valence electrons. The van der Waals surface area contributed by atoms with E-state index < -0.39 is 11.5 Å². The number of allylic oxidation sites excluding steroid dienone is 1. The zero-order valence-corrected chi connectivity index (χ0v) is 22.3. The van der Waals surface area contributed by atoms with E-state index in [1.54, 1.807) is 7.11 Å². The highest BCUT2D eigenvalue weighted by atomic mass is 16.5. The van der Waals surface area contributed by atoms with Crippen LogP contribution in [0.4, 0.5) is 0 Å². The van der Waals surface area contributed by atoms with Crippen LogP contribution in [0.3, 0.4) is 0 Å². The molecular weight excluding hydrogens is 470 g/mol. The summed E-state index contributed by atoms with van der Waals surface area (Å²) in [5.74, 6) is 0.103. The van der Waals surface area contributed by atoms with Gasteiger partial charge < -0.3 is 14.7 Å². The van der Waals surface area contributed by atoms with Crippen molar-refractivity contribution in [2.24, 2.45) is 4.99 Å². The largest absolute Gasteiger partial charge is 0.481 e. The Morgan fingerprint density at radius 3 is 2.50 bits per heavy atom. The first kappa shape index (κ1) is 25.8. The lowest BCUT2D eigenvalue weighted by Gasteiger charge is -2.39. The topological polar surface area (TPSA) is 58.0 Å². The van der Waals surface area contributed by atoms with Gasteiger partial charge in [0.05, 0.1) is 7.11 Å². The van der Waals surface area contributed by atoms with Gasteiger partial charge in [-0.05, 0) is 72.1 Å². The highest BCUT2D eigenvalue weighted by Crippen LogP contribution is 2.48. The van der Waals surface area contributed by atoms with E-state index in [0.717, 1.165) is 46.0 Å². The van der Waals surface area contributed by atoms with Crippen molar-refractivity contribution in [3.63, 3.8) is 0 Å². The maximum Gasteiger partial charge on any atom is 0.217 e. The van der Waals surface area contributed by atoms with Gasteiger partial charge in [0.2, 0.25) is 5.88 Å². The maximum atomic E-state index is 13.1. The summed E-state index contributed by atoms with van der Waals surface area (Å²) >= 11 is 0. The zero-order chi connectivity index (χ0) is 26.5. The Labute approximate surface area is 225 Å². The fourth-order valence-corrected chi connectivity index (χ4v) is 5.54. The van der Waals surface area contributed by atoms with E-state index in [-0.39, 0.29) is 0 Å². The lowest BCUT2D eigenvalue weighted by Crippen LogP contribution is -2.38. The van der Waals surface area contributed by atoms with Gasteiger partial charge in [-0.25, -0.2) is 4.98 Å². The van der Waals surface area contributed by atoms with Crippen LogP contribution in [-0.4, -0.2) is 55.5 Å². The molecule has 1 aliphatic rings. The molecule has 2 atom stereocenters. The van der Waals surface area contributed by atoms with Gasteiger partial charge in [-0.2, -0.15) is 0 Å². The number of ether oxygens (including phenoxy) is 1. The Hall–Kier alpha value is -3.80. The molecule has 0 saturated carbocycles. The van der Waals surface area contributed by atoms with Crippen LogP contribution in [0, 0.1) is 0 Å². The third kappa shape index (κ3) is 5.13. The average molecular weight is 506 g/mol. The molecule has 1 aromatic heterocycles. The minimum absolute atomic E-state index is 0.422. The van der Waals surface area contributed by atoms with Crippen molar-refractivity contribution in [2.75, 3.05) is 34.3 Å². The van der Waals surface area contributed by atoms with E-state index in [9.17, 15) is 5.11 Å². The number of fused-ring (bicyclic) bond motifs is 1. The third-order valence-electron chi connectivity index (χ3n) is 7.45. The molecule has 0 aliphatic carbocycles. The lowest BCUT2D eigenvalue weighted by atomic mass is 9.70. The van der Waals surface area contributed by atoms with Gasteiger partial charge in [-0.15, -0.1) is 0 Å². The van der Waals surface area contributed by atoms with Crippen LogP contribution in [0.5, 0.6) is 5.88 Å². The molecule has 38 heavy (non-hydrogen) atoms. The smallest absolute Gasteiger partial charge is 0.217 e. The van der Waals surface area contributed by atoms with Gasteiger partial charge in [0.25, 0.3) is 0 Å². The van der Waals surface area contributed by atoms with E-state index in [0.29, 0.717) is 18.8 Å². The summed E-state index contributed by atoms with van der Waals surface area (Å²) in [6.45, 7) is 1.47. The van der Waals surface area contributed by atoms with Crippen molar-refractivity contribution >= 4 is 22.6 Å². The molecule has 2 heterocycles. The number of benzene rings is 3. The quantitative estimate of drug-likeness (QED) is 0.300. The van der Waals surface area contributed by atoms with Crippen molar-refractivity contribution in [3.05, 3.63) is 113 Å². The van der Waals surface area contributed by atoms with E-state index in [1.807, 2.05) is 62.9 Å². The minimum atomic E-state index is -1.25. The first-order valence-corrected chi connectivity index (χ1v) is 13.1. The van der Waals surface area contributed by atoms with Gasteiger partial charge in [0.1, 0.15) is 5.60 Å². The SMILES string of the molecule is COc1ncc(C2=CC=NCC2)cc1C(c1ccccc1)C(O)(CCN(C)C)c1cccc2ccccc12. The Morgan fingerprint density at radius 2 is 1.76 bits per heavy atom. The van der Waals surface area contributed by atoms with Crippen molar-refractivity contribution < 1.29 is 9.84 Å². The second kappa shape index (κ2) is 11.3. The number of hydrogen-bond donors (Lipinski definition) is 1. The highest BCUT2D eigenvalue weighted by molar-refractivity contribution is 5.87. The molecule has 1 aliphatic heterocycles. The molecule has 5 heteroatoms. The highest BCUT2D eigenvalue weighted by Gasteiger charge is 2.43. The van der Waals surface area contributed by atoms with Crippen LogP contribution in [0.1, 0.15) is 41.0 Å². The molecule has 0 bridgehead atoms. The molecule has 1 N–H and O–H groups in total. The predicted molar refractivity (Wildman–Crippen MR) is 156 cm³/mol. The van der Waals surface area contributed by atoms with Crippen LogP contribution in [0.15, 0.2) is 96.1 Å². The lowest BCUT2D eigenvalue weighted by molar-refractivity contribution is 0.00515. The number of methoxy groups -OCH3 is 1. The monoisotopic (exact) mass is 505 g/mol. The summed E-state index contributed by atoms with van der Waals surface area (Å²) in [5.41, 5.74) is 3.75. The summed E-state index contributed by atoms with van der Waals surface area (Å²) in [6.07, 6.45) is 7.16. The molecule has 4 aromatic rings. The maximum absolute atomic E-state index is 13.1. The fraction of sp³-hybridized carbons (Fsp3) is 0.273. The minimum Gasteiger partial charge on any atom is -0.481 e. The van der Waals surface area contributed by atoms with Crippen LogP contribution in [-0.2, 0) is 5.60 Å². The number of aromatic nitrogens is 1. The normalized spacial score (nSPS) is 15.8. The summed E-state index contributed by atoms with van der Waals surface area (Å²) in [4.78, 5) is 11.2. The summed E-state index contributed by atoms with van der Waals surface area (Å²) in [6, 6.07) is 26.9. The van der Waals surface area contributed by atoms with E-state index in [1.165, 1.54) is 5.57 Å². The Morgan fingerprint density at radius 1 is 1.00 bits per heavy atom. The van der Waals surface area contributed by atoms with E-state index >= 15 is 0 Å². The van der Waals surface area contributed by atoms with Crippen molar-refractivity contribution in [1.29, 1.82) is 0 Å². The zero-order valence-electron chi connectivity index (χ0n) is 22.3. The molecule has 0 saturated heterocycles. The van der Waals surface area contributed by atoms with Crippen LogP contribution in [0.2, 0.25) is 0 Å². The standard InChI is InChI=1S/C33H35N3O2/c1-36(2)21-18-33(37,30-15-9-13-25-10-7-8-14-28(25)30)31(26-11-5-4-6-12-26)29-22-27(23-35-32(29)38-3)24-16-19-34-20-17-24/h4-16,19,22-23,31,37H,17-18,20-21H2,1-3H3. The van der Waals surface area contributed by atoms with Gasteiger partial charge in [0.15, 0.2) is 0 Å².